The van der Waals surface area contributed by atoms with Gasteiger partial charge in [0.2, 0.25) is 0 Å². The molecule has 0 aliphatic carbocycles. The first-order valence-corrected chi connectivity index (χ1v) is 5.68. The monoisotopic (exact) mass is 243 g/mol. The molecule has 18 heavy (non-hydrogen) atoms. The summed E-state index contributed by atoms with van der Waals surface area (Å²) >= 11 is 0. The van der Waals surface area contributed by atoms with Gasteiger partial charge >= 0.3 is 0 Å². The summed E-state index contributed by atoms with van der Waals surface area (Å²) in [6, 6.07) is 7.95. The second-order valence-electron chi connectivity index (χ2n) is 4.25. The number of H-pyrrole nitrogens is 1. The van der Waals surface area contributed by atoms with Crippen molar-refractivity contribution in [3.8, 4) is 5.88 Å². The Kier molecular flexibility index (Phi) is 2.26. The van der Waals surface area contributed by atoms with E-state index < -0.39 is 0 Å². The van der Waals surface area contributed by atoms with Gasteiger partial charge in [0, 0.05) is 23.0 Å². The van der Waals surface area contributed by atoms with Gasteiger partial charge in [0.25, 0.3) is 11.9 Å². The van der Waals surface area contributed by atoms with Crippen molar-refractivity contribution in [1.29, 1.82) is 0 Å². The predicted octanol–water partition coefficient (Wildman–Crippen LogP) is 2.60. The van der Waals surface area contributed by atoms with Gasteiger partial charge < -0.3 is 20.2 Å². The normalized spacial score (nSPS) is 12.9. The van der Waals surface area contributed by atoms with E-state index in [0.29, 0.717) is 5.76 Å². The molecule has 1 atom stereocenters. The molecular formula is C13H13N3O2. The number of fused-ring (bicyclic) bond motifs is 1. The number of hydrogen-bond donors (Lipinski definition) is 3. The van der Waals surface area contributed by atoms with Crippen LogP contribution in [0.1, 0.15) is 24.2 Å². The van der Waals surface area contributed by atoms with Gasteiger partial charge in [-0.2, -0.15) is 4.98 Å². The van der Waals surface area contributed by atoms with E-state index in [-0.39, 0.29) is 17.8 Å². The number of hydrogen-bond acceptors (Lipinski definition) is 4. The van der Waals surface area contributed by atoms with E-state index in [1.165, 1.54) is 0 Å². The number of para-hydroxylation sites is 1. The first kappa shape index (κ1) is 10.7. The van der Waals surface area contributed by atoms with E-state index in [4.69, 9.17) is 10.2 Å². The number of aromatic hydroxyl groups is 1. The number of anilines is 1. The highest BCUT2D eigenvalue weighted by atomic mass is 16.4. The minimum Gasteiger partial charge on any atom is -0.491 e. The average molecular weight is 243 g/mol. The van der Waals surface area contributed by atoms with Crippen LogP contribution in [0.15, 0.2) is 34.9 Å². The molecule has 0 spiro atoms. The summed E-state index contributed by atoms with van der Waals surface area (Å²) in [6.07, 6.45) is 1.91. The van der Waals surface area contributed by atoms with Crippen molar-refractivity contribution in [2.45, 2.75) is 12.8 Å². The van der Waals surface area contributed by atoms with Crippen LogP contribution in [0.3, 0.4) is 0 Å². The molecule has 0 radical (unpaired) electrons. The van der Waals surface area contributed by atoms with Crippen LogP contribution < -0.4 is 5.73 Å². The summed E-state index contributed by atoms with van der Waals surface area (Å²) in [5, 5.41) is 10.8. The van der Waals surface area contributed by atoms with Crippen LogP contribution in [-0.2, 0) is 0 Å². The molecule has 1 unspecified atom stereocenters. The molecule has 0 aliphatic rings. The van der Waals surface area contributed by atoms with Gasteiger partial charge in [-0.1, -0.05) is 25.1 Å². The zero-order valence-corrected chi connectivity index (χ0v) is 9.84. The lowest BCUT2D eigenvalue weighted by molar-refractivity contribution is 0.422. The third-order valence-corrected chi connectivity index (χ3v) is 3.13. The minimum absolute atomic E-state index is 0.0193. The lowest BCUT2D eigenvalue weighted by Crippen LogP contribution is -1.93. The van der Waals surface area contributed by atoms with E-state index in [1.54, 1.807) is 0 Å². The molecule has 5 nitrogen and oxygen atoms in total. The minimum atomic E-state index is -0.148. The van der Waals surface area contributed by atoms with E-state index in [2.05, 4.69) is 9.97 Å². The lowest BCUT2D eigenvalue weighted by atomic mass is 9.98. The van der Waals surface area contributed by atoms with Gasteiger partial charge in [0.15, 0.2) is 5.76 Å². The summed E-state index contributed by atoms with van der Waals surface area (Å²) < 4.78 is 5.25. The van der Waals surface area contributed by atoms with E-state index in [9.17, 15) is 5.11 Å². The Morgan fingerprint density at radius 1 is 1.39 bits per heavy atom. The zero-order valence-electron chi connectivity index (χ0n) is 9.84. The largest absolute Gasteiger partial charge is 0.491 e. The summed E-state index contributed by atoms with van der Waals surface area (Å²) in [5.74, 6) is 0.119. The molecule has 0 fully saturated rings. The van der Waals surface area contributed by atoms with Crippen molar-refractivity contribution in [1.82, 2.24) is 9.97 Å². The molecule has 1 aromatic carbocycles. The van der Waals surface area contributed by atoms with E-state index in [1.807, 2.05) is 37.4 Å². The van der Waals surface area contributed by atoms with Crippen molar-refractivity contribution in [3.05, 3.63) is 41.8 Å². The highest BCUT2D eigenvalue weighted by molar-refractivity contribution is 5.84. The second kappa shape index (κ2) is 3.80. The van der Waals surface area contributed by atoms with Gasteiger partial charge in [-0.3, -0.25) is 0 Å². The fourth-order valence-electron chi connectivity index (χ4n) is 2.22. The number of nitrogen functional groups attached to an aromatic ring is 1. The Labute approximate surface area is 103 Å². The predicted molar refractivity (Wildman–Crippen MR) is 68.4 cm³/mol. The molecule has 0 saturated carbocycles. The third kappa shape index (κ3) is 1.52. The Balaban J connectivity index is 2.12. The van der Waals surface area contributed by atoms with Crippen molar-refractivity contribution in [3.63, 3.8) is 0 Å². The summed E-state index contributed by atoms with van der Waals surface area (Å²) in [7, 11) is 0. The fraction of sp³-hybridized carbons (Fsp3) is 0.154. The maximum Gasteiger partial charge on any atom is 0.295 e. The van der Waals surface area contributed by atoms with Crippen molar-refractivity contribution in [2.24, 2.45) is 0 Å². The Hall–Kier alpha value is -2.43. The maximum absolute atomic E-state index is 9.68. The molecule has 2 aromatic heterocycles. The number of aromatic nitrogens is 2. The third-order valence-electron chi connectivity index (χ3n) is 3.13. The molecule has 4 N–H and O–H groups in total. The number of nitrogens with zero attached hydrogens (tertiary/aromatic N) is 1. The van der Waals surface area contributed by atoms with Crippen LogP contribution in [0.4, 0.5) is 6.01 Å². The Morgan fingerprint density at radius 2 is 2.17 bits per heavy atom. The molecule has 5 heteroatoms. The average Bonchev–Trinajstić information content (AvgIpc) is 2.92. The van der Waals surface area contributed by atoms with Gasteiger partial charge in [0.1, 0.15) is 0 Å². The topological polar surface area (TPSA) is 88.1 Å². The molecule has 0 amide bonds. The van der Waals surface area contributed by atoms with Crippen LogP contribution in [0, 0.1) is 0 Å². The van der Waals surface area contributed by atoms with Crippen LogP contribution in [0.25, 0.3) is 10.9 Å². The first-order valence-electron chi connectivity index (χ1n) is 5.68. The molecular weight excluding hydrogens is 230 g/mol. The van der Waals surface area contributed by atoms with Crippen LogP contribution in [0.2, 0.25) is 0 Å². The molecule has 3 aromatic rings. The number of nitrogens with two attached hydrogens (primary N) is 1. The van der Waals surface area contributed by atoms with Crippen molar-refractivity contribution < 1.29 is 9.52 Å². The van der Waals surface area contributed by atoms with Gasteiger partial charge in [-0.05, 0) is 11.6 Å². The van der Waals surface area contributed by atoms with Crippen LogP contribution in [-0.4, -0.2) is 15.1 Å². The van der Waals surface area contributed by atoms with Crippen LogP contribution >= 0.6 is 0 Å². The summed E-state index contributed by atoms with van der Waals surface area (Å²) in [4.78, 5) is 6.87. The standard InChI is InChI=1S/C13H13N3O2/c1-7(11-12(17)16-13(14)18-11)9-6-15-10-5-3-2-4-8(9)10/h2-7,15,17H,1H3,(H2,14,16). The van der Waals surface area contributed by atoms with E-state index >= 15 is 0 Å². The second-order valence-corrected chi connectivity index (χ2v) is 4.25. The van der Waals surface area contributed by atoms with Gasteiger partial charge in [0.05, 0.1) is 0 Å². The molecule has 0 aliphatic heterocycles. The fourth-order valence-corrected chi connectivity index (χ4v) is 2.22. The number of nitrogens with one attached hydrogen (secondary N) is 1. The van der Waals surface area contributed by atoms with Crippen molar-refractivity contribution in [2.75, 3.05) is 5.73 Å². The SMILES string of the molecule is CC(c1oc(N)nc1O)c1c[nH]c2ccccc12. The smallest absolute Gasteiger partial charge is 0.295 e. The van der Waals surface area contributed by atoms with Gasteiger partial charge in [-0.15, -0.1) is 0 Å². The summed E-state index contributed by atoms with van der Waals surface area (Å²) in [5.41, 5.74) is 7.52. The molecule has 3 rings (SSSR count). The van der Waals surface area contributed by atoms with Crippen LogP contribution in [0.5, 0.6) is 5.88 Å². The molecule has 0 saturated heterocycles. The molecule has 0 bridgehead atoms. The number of benzene rings is 1. The lowest BCUT2D eigenvalue weighted by Gasteiger charge is -2.06. The molecule has 2 heterocycles. The quantitative estimate of drug-likeness (QED) is 0.645. The van der Waals surface area contributed by atoms with Crippen molar-refractivity contribution >= 4 is 16.9 Å². The Morgan fingerprint density at radius 3 is 2.89 bits per heavy atom. The summed E-state index contributed by atoms with van der Waals surface area (Å²) in [6.45, 7) is 1.94. The highest BCUT2D eigenvalue weighted by Crippen LogP contribution is 2.35. The van der Waals surface area contributed by atoms with Gasteiger partial charge in [-0.25, -0.2) is 0 Å². The van der Waals surface area contributed by atoms with E-state index in [0.717, 1.165) is 16.5 Å². The highest BCUT2D eigenvalue weighted by Gasteiger charge is 2.21. The zero-order chi connectivity index (χ0) is 12.7. The maximum atomic E-state index is 9.68. The number of aromatic amines is 1. The molecule has 92 valence electrons. The first-order chi connectivity index (χ1) is 8.66. The Bertz CT molecular complexity index is 699. The number of oxazole rings is 1. The number of rotatable bonds is 2.